The normalized spacial score (nSPS) is 13.2. The van der Waals surface area contributed by atoms with Crippen molar-refractivity contribution in [3.05, 3.63) is 36.5 Å². The average molecular weight is 391 g/mol. The van der Waals surface area contributed by atoms with Crippen molar-refractivity contribution in [2.45, 2.75) is 123 Å². The lowest BCUT2D eigenvalue weighted by atomic mass is 10.0. The van der Waals surface area contributed by atoms with Gasteiger partial charge in [-0.25, -0.2) is 0 Å². The van der Waals surface area contributed by atoms with Crippen LogP contribution in [0.4, 0.5) is 0 Å². The number of Topliss-reactive ketones (excluding diaryl/α,β-unsaturated/α-hetero) is 1. The Balaban J connectivity index is 3.42. The molecule has 0 aliphatic carbocycles. The molecule has 0 aliphatic rings. The Hall–Kier alpha value is -1.15. The number of rotatable bonds is 20. The zero-order valence-corrected chi connectivity index (χ0v) is 18.7. The van der Waals surface area contributed by atoms with Crippen LogP contribution in [0.3, 0.4) is 0 Å². The summed E-state index contributed by atoms with van der Waals surface area (Å²) in [5, 5.41) is 9.92. The highest BCUT2D eigenvalue weighted by Crippen LogP contribution is 2.12. The van der Waals surface area contributed by atoms with Crippen LogP contribution in [0.25, 0.3) is 0 Å². The lowest BCUT2D eigenvalue weighted by Gasteiger charge is -2.09. The van der Waals surface area contributed by atoms with Gasteiger partial charge in [0, 0.05) is 6.42 Å². The van der Waals surface area contributed by atoms with Gasteiger partial charge in [-0.1, -0.05) is 102 Å². The Kier molecular flexibility index (Phi) is 21.2. The van der Waals surface area contributed by atoms with Gasteiger partial charge < -0.3 is 5.11 Å². The molecule has 0 aromatic rings. The van der Waals surface area contributed by atoms with E-state index in [1.165, 1.54) is 38.5 Å². The van der Waals surface area contributed by atoms with Gasteiger partial charge >= 0.3 is 0 Å². The van der Waals surface area contributed by atoms with Crippen molar-refractivity contribution in [2.75, 3.05) is 0 Å². The molecular formula is C26H46O2. The molecule has 0 saturated heterocycles. The van der Waals surface area contributed by atoms with Crippen LogP contribution in [-0.4, -0.2) is 17.0 Å². The first kappa shape index (κ1) is 26.9. The van der Waals surface area contributed by atoms with Gasteiger partial charge in [0.05, 0.1) is 0 Å². The average Bonchev–Trinajstić information content (AvgIpc) is 2.70. The Morgan fingerprint density at radius 1 is 0.714 bits per heavy atom. The third kappa shape index (κ3) is 19.6. The topological polar surface area (TPSA) is 37.3 Å². The maximum absolute atomic E-state index is 11.9. The molecule has 28 heavy (non-hydrogen) atoms. The molecule has 2 nitrogen and oxygen atoms in total. The summed E-state index contributed by atoms with van der Waals surface area (Å²) < 4.78 is 0. The van der Waals surface area contributed by atoms with Gasteiger partial charge in [-0.05, 0) is 44.9 Å². The third-order valence-electron chi connectivity index (χ3n) is 5.03. The van der Waals surface area contributed by atoms with Crippen molar-refractivity contribution in [1.82, 2.24) is 0 Å². The van der Waals surface area contributed by atoms with Crippen LogP contribution < -0.4 is 0 Å². The van der Waals surface area contributed by atoms with Gasteiger partial charge in [0.15, 0.2) is 5.78 Å². The monoisotopic (exact) mass is 390 g/mol. The van der Waals surface area contributed by atoms with E-state index in [0.29, 0.717) is 12.8 Å². The fourth-order valence-corrected chi connectivity index (χ4v) is 3.19. The maximum atomic E-state index is 11.9. The molecule has 0 fully saturated rings. The van der Waals surface area contributed by atoms with Crippen molar-refractivity contribution >= 4 is 5.78 Å². The predicted molar refractivity (Wildman–Crippen MR) is 124 cm³/mol. The molecule has 0 amide bonds. The summed E-state index contributed by atoms with van der Waals surface area (Å²) in [5.74, 6) is 0.0525. The van der Waals surface area contributed by atoms with Gasteiger partial charge in [0.25, 0.3) is 0 Å². The SMILES string of the molecule is CC/C=C\C/C=C\C/C=C\CCCCCCCC(=O)C(O)CCCCCCC. The van der Waals surface area contributed by atoms with Gasteiger partial charge in [-0.3, -0.25) is 4.79 Å². The van der Waals surface area contributed by atoms with E-state index >= 15 is 0 Å². The number of hydrogen-bond acceptors (Lipinski definition) is 2. The molecular weight excluding hydrogens is 344 g/mol. The zero-order valence-electron chi connectivity index (χ0n) is 18.7. The molecule has 1 atom stereocenters. The lowest BCUT2D eigenvalue weighted by Crippen LogP contribution is -2.19. The van der Waals surface area contributed by atoms with Crippen LogP contribution in [0.15, 0.2) is 36.5 Å². The van der Waals surface area contributed by atoms with Crippen LogP contribution in [0.1, 0.15) is 117 Å². The molecule has 0 aliphatic heterocycles. The van der Waals surface area contributed by atoms with E-state index in [1.54, 1.807) is 0 Å². The number of aliphatic hydroxyl groups is 1. The highest BCUT2D eigenvalue weighted by molar-refractivity contribution is 5.82. The van der Waals surface area contributed by atoms with E-state index in [9.17, 15) is 9.90 Å². The first-order chi connectivity index (χ1) is 13.7. The zero-order chi connectivity index (χ0) is 20.7. The third-order valence-corrected chi connectivity index (χ3v) is 5.03. The number of unbranched alkanes of at least 4 members (excludes halogenated alkanes) is 9. The van der Waals surface area contributed by atoms with Crippen LogP contribution in [0, 0.1) is 0 Å². The molecule has 0 spiro atoms. The molecule has 0 bridgehead atoms. The summed E-state index contributed by atoms with van der Waals surface area (Å²) >= 11 is 0. The highest BCUT2D eigenvalue weighted by atomic mass is 16.3. The molecule has 0 aromatic heterocycles. The smallest absolute Gasteiger partial charge is 0.161 e. The minimum absolute atomic E-state index is 0.0525. The van der Waals surface area contributed by atoms with Crippen LogP contribution in [0.2, 0.25) is 0 Å². The molecule has 0 aromatic carbocycles. The van der Waals surface area contributed by atoms with Crippen LogP contribution in [-0.2, 0) is 4.79 Å². The second-order valence-electron chi connectivity index (χ2n) is 7.79. The fraction of sp³-hybridized carbons (Fsp3) is 0.731. The van der Waals surface area contributed by atoms with Crippen molar-refractivity contribution < 1.29 is 9.90 Å². The molecule has 1 N–H and O–H groups in total. The van der Waals surface area contributed by atoms with E-state index in [0.717, 1.165) is 51.4 Å². The summed E-state index contributed by atoms with van der Waals surface area (Å²) in [7, 11) is 0. The Morgan fingerprint density at radius 3 is 2.00 bits per heavy atom. The van der Waals surface area contributed by atoms with Crippen LogP contribution in [0.5, 0.6) is 0 Å². The van der Waals surface area contributed by atoms with Gasteiger partial charge in [-0.2, -0.15) is 0 Å². The summed E-state index contributed by atoms with van der Waals surface area (Å²) in [5.41, 5.74) is 0. The molecule has 0 rings (SSSR count). The quantitative estimate of drug-likeness (QED) is 0.170. The summed E-state index contributed by atoms with van der Waals surface area (Å²) in [6.45, 7) is 4.35. The highest BCUT2D eigenvalue weighted by Gasteiger charge is 2.13. The minimum Gasteiger partial charge on any atom is -0.385 e. The van der Waals surface area contributed by atoms with E-state index in [2.05, 4.69) is 50.3 Å². The van der Waals surface area contributed by atoms with E-state index < -0.39 is 6.10 Å². The number of ketones is 1. The largest absolute Gasteiger partial charge is 0.385 e. The Bertz CT molecular complexity index is 420. The fourth-order valence-electron chi connectivity index (χ4n) is 3.19. The standard InChI is InChI=1S/C26H46O2/c1-3-5-7-9-10-11-12-13-14-15-16-17-18-20-22-24-26(28)25(27)23-21-19-8-6-4-2/h5,7,10-11,13-14,25,27H,3-4,6,8-9,12,15-24H2,1-2H3/b7-5-,11-10-,14-13-. The van der Waals surface area contributed by atoms with Crippen molar-refractivity contribution in [3.63, 3.8) is 0 Å². The van der Waals surface area contributed by atoms with E-state index in [-0.39, 0.29) is 5.78 Å². The van der Waals surface area contributed by atoms with E-state index in [1.807, 2.05) is 0 Å². The molecule has 162 valence electrons. The number of hydrogen-bond donors (Lipinski definition) is 1. The second kappa shape index (κ2) is 22.1. The van der Waals surface area contributed by atoms with Crippen molar-refractivity contribution in [1.29, 1.82) is 0 Å². The van der Waals surface area contributed by atoms with Gasteiger partial charge in [-0.15, -0.1) is 0 Å². The summed E-state index contributed by atoms with van der Waals surface area (Å²) in [6, 6.07) is 0. The number of carbonyl (C=O) groups is 1. The minimum atomic E-state index is -0.719. The summed E-state index contributed by atoms with van der Waals surface area (Å²) in [4.78, 5) is 11.9. The molecule has 0 radical (unpaired) electrons. The predicted octanol–water partition coefficient (Wildman–Crippen LogP) is 7.87. The van der Waals surface area contributed by atoms with Crippen molar-refractivity contribution in [2.24, 2.45) is 0 Å². The molecule has 0 saturated carbocycles. The summed E-state index contributed by atoms with van der Waals surface area (Å²) in [6.07, 6.45) is 29.7. The van der Waals surface area contributed by atoms with Crippen LogP contribution >= 0.6 is 0 Å². The first-order valence-corrected chi connectivity index (χ1v) is 11.9. The second-order valence-corrected chi connectivity index (χ2v) is 7.79. The van der Waals surface area contributed by atoms with Gasteiger partial charge in [0.2, 0.25) is 0 Å². The van der Waals surface area contributed by atoms with Crippen molar-refractivity contribution in [3.8, 4) is 0 Å². The Labute approximate surface area is 175 Å². The number of allylic oxidation sites excluding steroid dienone is 6. The van der Waals surface area contributed by atoms with Gasteiger partial charge in [0.1, 0.15) is 6.10 Å². The molecule has 1 unspecified atom stereocenters. The molecule has 0 heterocycles. The number of aliphatic hydroxyl groups excluding tert-OH is 1. The molecule has 2 heteroatoms. The lowest BCUT2D eigenvalue weighted by molar-refractivity contribution is -0.127. The Morgan fingerprint density at radius 2 is 1.29 bits per heavy atom. The van der Waals surface area contributed by atoms with E-state index in [4.69, 9.17) is 0 Å². The maximum Gasteiger partial charge on any atom is 0.161 e. The number of carbonyl (C=O) groups excluding carboxylic acids is 1. The first-order valence-electron chi connectivity index (χ1n) is 11.9.